The molecule has 4 nitrogen and oxygen atoms in total. The van der Waals surface area contributed by atoms with Crippen molar-refractivity contribution in [2.24, 2.45) is 0 Å². The van der Waals surface area contributed by atoms with Crippen molar-refractivity contribution in [3.63, 3.8) is 0 Å². The molecule has 0 spiro atoms. The molecule has 0 aliphatic heterocycles. The smallest absolute Gasteiger partial charge is 0.323 e. The Balaban J connectivity index is 2.03. The summed E-state index contributed by atoms with van der Waals surface area (Å²) in [5.74, 6) is 0.0994. The molecule has 2 amide bonds. The molecule has 0 radical (unpaired) electrons. The van der Waals surface area contributed by atoms with E-state index in [2.05, 4.69) is 23.3 Å². The highest BCUT2D eigenvalue weighted by Crippen LogP contribution is 2.19. The van der Waals surface area contributed by atoms with Gasteiger partial charge in [-0.15, -0.1) is 12.6 Å². The van der Waals surface area contributed by atoms with Crippen LogP contribution >= 0.6 is 12.6 Å². The number of benzene rings is 2. The van der Waals surface area contributed by atoms with Gasteiger partial charge in [-0.05, 0) is 24.3 Å². The van der Waals surface area contributed by atoms with Crippen LogP contribution in [0.5, 0.6) is 5.75 Å². The highest BCUT2D eigenvalue weighted by Gasteiger charge is 2.04. The molecule has 0 aromatic heterocycles. The Morgan fingerprint density at radius 3 is 2.56 bits per heavy atom. The molecule has 2 aromatic rings. The van der Waals surface area contributed by atoms with Crippen molar-refractivity contribution in [2.75, 3.05) is 10.6 Å². The molecule has 5 heteroatoms. The maximum atomic E-state index is 11.7. The number of anilines is 2. The molecule has 2 aromatic carbocycles. The maximum absolute atomic E-state index is 11.7. The Labute approximate surface area is 110 Å². The molecular formula is C13H12N2O2S. The van der Waals surface area contributed by atoms with Crippen LogP contribution in [0.25, 0.3) is 0 Å². The van der Waals surface area contributed by atoms with Crippen molar-refractivity contribution >= 4 is 30.0 Å². The average molecular weight is 260 g/mol. The topological polar surface area (TPSA) is 61.4 Å². The molecule has 0 unspecified atom stereocenters. The van der Waals surface area contributed by atoms with Gasteiger partial charge in [-0.1, -0.05) is 18.2 Å². The number of phenolic OH excluding ortho intramolecular Hbond substituents is 1. The van der Waals surface area contributed by atoms with Crippen LogP contribution < -0.4 is 10.6 Å². The molecule has 0 saturated carbocycles. The van der Waals surface area contributed by atoms with Crippen molar-refractivity contribution in [3.8, 4) is 5.75 Å². The zero-order valence-electron chi connectivity index (χ0n) is 9.42. The number of carbonyl (C=O) groups is 1. The van der Waals surface area contributed by atoms with E-state index >= 15 is 0 Å². The zero-order chi connectivity index (χ0) is 13.0. The Morgan fingerprint density at radius 2 is 1.83 bits per heavy atom. The zero-order valence-corrected chi connectivity index (χ0v) is 10.3. The first-order valence-electron chi connectivity index (χ1n) is 5.30. The number of nitrogens with one attached hydrogen (secondary N) is 2. The third-order valence-electron chi connectivity index (χ3n) is 2.26. The Hall–Kier alpha value is -2.14. The van der Waals surface area contributed by atoms with Crippen LogP contribution in [0.4, 0.5) is 16.2 Å². The number of urea groups is 1. The van der Waals surface area contributed by atoms with Crippen LogP contribution in [0.2, 0.25) is 0 Å². The van der Waals surface area contributed by atoms with Crippen LogP contribution in [0.1, 0.15) is 0 Å². The number of para-hydroxylation sites is 1. The highest BCUT2D eigenvalue weighted by atomic mass is 32.1. The molecule has 0 fully saturated rings. The molecule has 0 aliphatic carbocycles. The largest absolute Gasteiger partial charge is 0.508 e. The SMILES string of the molecule is O=C(Nc1cccc(O)c1)Nc1ccccc1S. The van der Waals surface area contributed by atoms with Gasteiger partial charge in [0.2, 0.25) is 0 Å². The van der Waals surface area contributed by atoms with Crippen molar-refractivity contribution in [2.45, 2.75) is 4.90 Å². The van der Waals surface area contributed by atoms with Gasteiger partial charge in [0.25, 0.3) is 0 Å². The van der Waals surface area contributed by atoms with Crippen molar-refractivity contribution in [1.82, 2.24) is 0 Å². The number of thiol groups is 1. The number of hydrogen-bond acceptors (Lipinski definition) is 3. The third-order valence-corrected chi connectivity index (χ3v) is 2.65. The normalized spacial score (nSPS) is 9.83. The molecule has 0 bridgehead atoms. The number of rotatable bonds is 2. The Kier molecular flexibility index (Phi) is 3.74. The monoisotopic (exact) mass is 260 g/mol. The number of aromatic hydroxyl groups is 1. The second kappa shape index (κ2) is 5.46. The van der Waals surface area contributed by atoms with E-state index < -0.39 is 0 Å². The second-order valence-corrected chi connectivity index (χ2v) is 4.13. The molecule has 0 saturated heterocycles. The lowest BCUT2D eigenvalue weighted by Crippen LogP contribution is -2.19. The predicted octanol–water partition coefficient (Wildman–Crippen LogP) is 3.32. The lowest BCUT2D eigenvalue weighted by molar-refractivity contribution is 0.262. The fourth-order valence-corrected chi connectivity index (χ4v) is 1.66. The van der Waals surface area contributed by atoms with Gasteiger partial charge in [-0.3, -0.25) is 0 Å². The molecule has 0 atom stereocenters. The minimum atomic E-state index is -0.387. The van der Waals surface area contributed by atoms with Crippen LogP contribution in [-0.4, -0.2) is 11.1 Å². The molecular weight excluding hydrogens is 248 g/mol. The van der Waals surface area contributed by atoms with Crippen LogP contribution in [0.15, 0.2) is 53.4 Å². The van der Waals surface area contributed by atoms with E-state index in [1.807, 2.05) is 12.1 Å². The average Bonchev–Trinajstić information content (AvgIpc) is 2.32. The summed E-state index contributed by atoms with van der Waals surface area (Å²) in [5, 5.41) is 14.6. The molecule has 0 heterocycles. The van der Waals surface area contributed by atoms with Gasteiger partial charge >= 0.3 is 6.03 Å². The van der Waals surface area contributed by atoms with Gasteiger partial charge in [0, 0.05) is 16.6 Å². The third kappa shape index (κ3) is 3.18. The summed E-state index contributed by atoms with van der Waals surface area (Å²) in [5.41, 5.74) is 1.14. The highest BCUT2D eigenvalue weighted by molar-refractivity contribution is 7.80. The summed E-state index contributed by atoms with van der Waals surface area (Å²) >= 11 is 4.23. The standard InChI is InChI=1S/C13H12N2O2S/c16-10-5-3-4-9(8-10)14-13(17)15-11-6-1-2-7-12(11)18/h1-8,16,18H,(H2,14,15,17). The molecule has 3 N–H and O–H groups in total. The van der Waals surface area contributed by atoms with Gasteiger partial charge in [0.05, 0.1) is 5.69 Å². The van der Waals surface area contributed by atoms with Crippen LogP contribution in [0.3, 0.4) is 0 Å². The van der Waals surface area contributed by atoms with Gasteiger partial charge in [0.1, 0.15) is 5.75 Å². The summed E-state index contributed by atoms with van der Waals surface area (Å²) < 4.78 is 0. The minimum absolute atomic E-state index is 0.0994. The molecule has 18 heavy (non-hydrogen) atoms. The summed E-state index contributed by atoms with van der Waals surface area (Å²) in [7, 11) is 0. The number of hydrogen-bond donors (Lipinski definition) is 4. The molecule has 0 aliphatic rings. The minimum Gasteiger partial charge on any atom is -0.508 e. The van der Waals surface area contributed by atoms with E-state index in [1.165, 1.54) is 12.1 Å². The van der Waals surface area contributed by atoms with Gasteiger partial charge in [0.15, 0.2) is 0 Å². The van der Waals surface area contributed by atoms with Gasteiger partial charge in [-0.2, -0.15) is 0 Å². The van der Waals surface area contributed by atoms with E-state index in [9.17, 15) is 9.90 Å². The summed E-state index contributed by atoms with van der Waals surface area (Å²) in [4.78, 5) is 12.4. The van der Waals surface area contributed by atoms with Crippen LogP contribution in [-0.2, 0) is 0 Å². The Bertz CT molecular complexity index is 572. The summed E-state index contributed by atoms with van der Waals surface area (Å²) in [6.45, 7) is 0. The van der Waals surface area contributed by atoms with E-state index in [1.54, 1.807) is 24.3 Å². The molecule has 92 valence electrons. The summed E-state index contributed by atoms with van der Waals surface area (Å²) in [6, 6.07) is 13.1. The van der Waals surface area contributed by atoms with Gasteiger partial charge < -0.3 is 15.7 Å². The predicted molar refractivity (Wildman–Crippen MR) is 74.4 cm³/mol. The van der Waals surface area contributed by atoms with Crippen molar-refractivity contribution < 1.29 is 9.90 Å². The lowest BCUT2D eigenvalue weighted by atomic mass is 10.3. The number of carbonyl (C=O) groups excluding carboxylic acids is 1. The first kappa shape index (κ1) is 12.3. The number of amides is 2. The number of phenols is 1. The van der Waals surface area contributed by atoms with E-state index in [0.29, 0.717) is 16.3 Å². The van der Waals surface area contributed by atoms with Crippen molar-refractivity contribution in [1.29, 1.82) is 0 Å². The van der Waals surface area contributed by atoms with Gasteiger partial charge in [-0.25, -0.2) is 4.79 Å². The summed E-state index contributed by atoms with van der Waals surface area (Å²) in [6.07, 6.45) is 0. The van der Waals surface area contributed by atoms with E-state index in [0.717, 1.165) is 0 Å². The Morgan fingerprint density at radius 1 is 1.06 bits per heavy atom. The van der Waals surface area contributed by atoms with E-state index in [-0.39, 0.29) is 11.8 Å². The first-order valence-corrected chi connectivity index (χ1v) is 5.75. The molecule has 2 rings (SSSR count). The first-order chi connectivity index (χ1) is 8.65. The quantitative estimate of drug-likeness (QED) is 0.626. The van der Waals surface area contributed by atoms with E-state index in [4.69, 9.17) is 0 Å². The fourth-order valence-electron chi connectivity index (χ4n) is 1.45. The maximum Gasteiger partial charge on any atom is 0.323 e. The lowest BCUT2D eigenvalue weighted by Gasteiger charge is -2.09. The van der Waals surface area contributed by atoms with Crippen LogP contribution in [0, 0.1) is 0 Å². The second-order valence-electron chi connectivity index (χ2n) is 3.65. The van der Waals surface area contributed by atoms with Crippen molar-refractivity contribution in [3.05, 3.63) is 48.5 Å². The fraction of sp³-hybridized carbons (Fsp3) is 0.